The molecule has 3 saturated heterocycles. The Kier molecular flexibility index (Phi) is 7.02. The van der Waals surface area contributed by atoms with Gasteiger partial charge in [0.1, 0.15) is 0 Å². The molecular formula is C29H31F3N2. The lowest BCUT2D eigenvalue weighted by atomic mass is 9.70. The van der Waals surface area contributed by atoms with Crippen molar-refractivity contribution in [1.29, 1.82) is 0 Å². The van der Waals surface area contributed by atoms with Crippen LogP contribution < -0.4 is 5.32 Å². The fraction of sp³-hybridized carbons (Fsp3) is 0.379. The topological polar surface area (TPSA) is 15.3 Å². The number of fused-ring (bicyclic) bond motifs is 3. The first-order chi connectivity index (χ1) is 16.6. The van der Waals surface area contributed by atoms with Crippen molar-refractivity contribution in [2.45, 2.75) is 50.0 Å². The summed E-state index contributed by atoms with van der Waals surface area (Å²) in [5.41, 5.74) is 3.26. The molecule has 1 N–H and O–H groups in total. The van der Waals surface area contributed by atoms with Crippen LogP contribution >= 0.6 is 0 Å². The van der Waals surface area contributed by atoms with Crippen molar-refractivity contribution >= 4 is 0 Å². The van der Waals surface area contributed by atoms with E-state index in [4.69, 9.17) is 0 Å². The Labute approximate surface area is 199 Å². The molecule has 0 amide bonds. The average Bonchev–Trinajstić information content (AvgIpc) is 2.89. The van der Waals surface area contributed by atoms with E-state index < -0.39 is 12.6 Å². The van der Waals surface area contributed by atoms with Crippen molar-refractivity contribution in [2.75, 3.05) is 13.1 Å². The summed E-state index contributed by atoms with van der Waals surface area (Å²) in [4.78, 5) is 2.59. The number of piperidine rings is 3. The van der Waals surface area contributed by atoms with Gasteiger partial charge in [-0.1, -0.05) is 84.9 Å². The highest BCUT2D eigenvalue weighted by Crippen LogP contribution is 2.42. The summed E-state index contributed by atoms with van der Waals surface area (Å²) >= 11 is 0. The van der Waals surface area contributed by atoms with E-state index in [1.54, 1.807) is 18.2 Å². The molecule has 3 fully saturated rings. The Morgan fingerprint density at radius 2 is 1.32 bits per heavy atom. The van der Waals surface area contributed by atoms with Gasteiger partial charge in [0.05, 0.1) is 0 Å². The molecule has 3 aromatic rings. The first-order valence-corrected chi connectivity index (χ1v) is 12.2. The maximum atomic E-state index is 14.3. The van der Waals surface area contributed by atoms with Gasteiger partial charge in [-0.2, -0.15) is 0 Å². The summed E-state index contributed by atoms with van der Waals surface area (Å²) in [5.74, 6) is 0.696. The Balaban J connectivity index is 1.47. The molecule has 3 aliphatic heterocycles. The third kappa shape index (κ3) is 4.64. The second kappa shape index (κ2) is 10.3. The van der Waals surface area contributed by atoms with Crippen LogP contribution in [0.3, 0.4) is 0 Å². The number of rotatable bonds is 8. The summed E-state index contributed by atoms with van der Waals surface area (Å²) in [5, 5.41) is 3.72. The average molecular weight is 465 g/mol. The maximum absolute atomic E-state index is 14.3. The molecule has 3 heterocycles. The highest BCUT2D eigenvalue weighted by molar-refractivity contribution is 5.36. The van der Waals surface area contributed by atoms with Crippen LogP contribution in [0.1, 0.15) is 47.2 Å². The first-order valence-electron chi connectivity index (χ1n) is 12.2. The molecule has 3 aromatic carbocycles. The van der Waals surface area contributed by atoms with E-state index in [9.17, 15) is 13.2 Å². The predicted molar refractivity (Wildman–Crippen MR) is 130 cm³/mol. The van der Waals surface area contributed by atoms with Crippen molar-refractivity contribution in [3.8, 4) is 0 Å². The maximum Gasteiger partial charge on any atom is 0.273 e. The smallest absolute Gasteiger partial charge is 0.273 e. The zero-order valence-corrected chi connectivity index (χ0v) is 19.2. The van der Waals surface area contributed by atoms with Gasteiger partial charge in [0, 0.05) is 24.5 Å². The van der Waals surface area contributed by atoms with Crippen LogP contribution in [0.2, 0.25) is 0 Å². The Hall–Kier alpha value is -2.63. The van der Waals surface area contributed by atoms with Gasteiger partial charge in [0.15, 0.2) is 6.17 Å². The van der Waals surface area contributed by atoms with Crippen LogP contribution in [-0.2, 0) is 6.54 Å². The van der Waals surface area contributed by atoms with Gasteiger partial charge in [-0.25, -0.2) is 13.2 Å². The molecule has 0 saturated carbocycles. The van der Waals surface area contributed by atoms with Crippen LogP contribution in [0.5, 0.6) is 0 Å². The SMILES string of the molecule is FC(F)C(F)c1ccccc1CNC1C2CCN(CC2)C1C(c1ccccc1)c1ccccc1. The number of hydrogen-bond acceptors (Lipinski definition) is 2. The summed E-state index contributed by atoms with van der Waals surface area (Å²) in [7, 11) is 0. The van der Waals surface area contributed by atoms with E-state index in [0.717, 1.165) is 25.9 Å². The number of halogens is 3. The second-order valence-electron chi connectivity index (χ2n) is 9.50. The fourth-order valence-electron chi connectivity index (χ4n) is 6.02. The molecule has 3 unspecified atom stereocenters. The number of nitrogens with zero attached hydrogens (tertiary/aromatic N) is 1. The van der Waals surface area contributed by atoms with Gasteiger partial charge in [0.25, 0.3) is 6.43 Å². The Bertz CT molecular complexity index is 1010. The predicted octanol–water partition coefficient (Wildman–Crippen LogP) is 6.35. The Morgan fingerprint density at radius 3 is 1.91 bits per heavy atom. The molecule has 2 bridgehead atoms. The molecule has 34 heavy (non-hydrogen) atoms. The van der Waals surface area contributed by atoms with Crippen molar-refractivity contribution in [3.05, 3.63) is 107 Å². The van der Waals surface area contributed by atoms with E-state index in [0.29, 0.717) is 18.0 Å². The molecule has 0 aromatic heterocycles. The largest absolute Gasteiger partial charge is 0.308 e. The standard InChI is InChI=1S/C29H31F3N2/c30-26(29(31)32)24-14-8-7-13-23(24)19-33-27-22-15-17-34(18-16-22)28(27)25(20-9-3-1-4-10-20)21-11-5-2-6-12-21/h1-14,22,25-29,33H,15-19H2. The fourth-order valence-corrected chi connectivity index (χ4v) is 6.02. The van der Waals surface area contributed by atoms with Crippen LogP contribution in [0, 0.1) is 5.92 Å². The van der Waals surface area contributed by atoms with Gasteiger partial charge < -0.3 is 5.32 Å². The lowest BCUT2D eigenvalue weighted by Gasteiger charge is -2.54. The minimum absolute atomic E-state index is 0.0884. The van der Waals surface area contributed by atoms with E-state index in [2.05, 4.69) is 58.7 Å². The van der Waals surface area contributed by atoms with Gasteiger partial charge >= 0.3 is 0 Å². The van der Waals surface area contributed by atoms with Gasteiger partial charge in [0.2, 0.25) is 0 Å². The highest BCUT2D eigenvalue weighted by atomic mass is 19.3. The van der Waals surface area contributed by atoms with E-state index in [1.807, 2.05) is 12.1 Å². The summed E-state index contributed by atoms with van der Waals surface area (Å²) in [6, 6.07) is 28.3. The number of benzene rings is 3. The molecular weight excluding hydrogens is 433 g/mol. The zero-order chi connectivity index (χ0) is 23.5. The molecule has 5 heteroatoms. The van der Waals surface area contributed by atoms with Gasteiger partial charge in [-0.15, -0.1) is 0 Å². The molecule has 178 valence electrons. The lowest BCUT2D eigenvalue weighted by molar-refractivity contribution is 0.00447. The van der Waals surface area contributed by atoms with Gasteiger partial charge in [-0.3, -0.25) is 4.90 Å². The molecule has 3 aliphatic rings. The third-order valence-corrected chi connectivity index (χ3v) is 7.63. The van der Waals surface area contributed by atoms with E-state index in [-0.39, 0.29) is 23.6 Å². The first kappa shape index (κ1) is 23.1. The second-order valence-corrected chi connectivity index (χ2v) is 9.50. The van der Waals surface area contributed by atoms with Crippen molar-refractivity contribution in [2.24, 2.45) is 5.92 Å². The normalized spacial score (nSPS) is 25.1. The summed E-state index contributed by atoms with van der Waals surface area (Å²) < 4.78 is 40.6. The third-order valence-electron chi connectivity index (χ3n) is 7.63. The number of nitrogens with one attached hydrogen (secondary N) is 1. The molecule has 0 radical (unpaired) electrons. The molecule has 0 spiro atoms. The summed E-state index contributed by atoms with van der Waals surface area (Å²) in [6.45, 7) is 2.52. The minimum atomic E-state index is -3.02. The van der Waals surface area contributed by atoms with Crippen LogP contribution in [0.25, 0.3) is 0 Å². The lowest BCUT2D eigenvalue weighted by Crippen LogP contribution is -2.64. The van der Waals surface area contributed by atoms with Gasteiger partial charge in [-0.05, 0) is 54.1 Å². The van der Waals surface area contributed by atoms with Crippen molar-refractivity contribution < 1.29 is 13.2 Å². The zero-order valence-electron chi connectivity index (χ0n) is 19.2. The quantitative estimate of drug-likeness (QED) is 0.418. The molecule has 2 nitrogen and oxygen atoms in total. The minimum Gasteiger partial charge on any atom is -0.308 e. The monoisotopic (exact) mass is 464 g/mol. The Morgan fingerprint density at radius 1 is 0.765 bits per heavy atom. The highest BCUT2D eigenvalue weighted by Gasteiger charge is 2.46. The van der Waals surface area contributed by atoms with Crippen molar-refractivity contribution in [1.82, 2.24) is 10.2 Å². The molecule has 6 rings (SSSR count). The number of hydrogen-bond donors (Lipinski definition) is 1. The summed E-state index contributed by atoms with van der Waals surface area (Å²) in [6.07, 6.45) is -3.04. The number of alkyl halides is 3. The van der Waals surface area contributed by atoms with E-state index >= 15 is 0 Å². The van der Waals surface area contributed by atoms with Crippen LogP contribution in [0.4, 0.5) is 13.2 Å². The molecule has 3 atom stereocenters. The van der Waals surface area contributed by atoms with Crippen molar-refractivity contribution in [3.63, 3.8) is 0 Å². The van der Waals surface area contributed by atoms with Crippen LogP contribution in [-0.4, -0.2) is 36.5 Å². The van der Waals surface area contributed by atoms with Crippen LogP contribution in [0.15, 0.2) is 84.9 Å². The van der Waals surface area contributed by atoms with E-state index in [1.165, 1.54) is 17.2 Å². The molecule has 0 aliphatic carbocycles.